The van der Waals surface area contributed by atoms with Crippen LogP contribution in [-0.2, 0) is 7.05 Å². The molecule has 1 amide bonds. The molecule has 1 aliphatic heterocycles. The van der Waals surface area contributed by atoms with Gasteiger partial charge in [0, 0.05) is 31.8 Å². The maximum atomic E-state index is 12.5. The number of aryl methyl sites for hydroxylation is 1. The number of aromatic nitrogens is 2. The van der Waals surface area contributed by atoms with E-state index in [1.807, 2.05) is 12.1 Å². The molecule has 96 valence electrons. The lowest BCUT2D eigenvalue weighted by atomic mass is 10.00. The van der Waals surface area contributed by atoms with E-state index in [9.17, 15) is 9.59 Å². The van der Waals surface area contributed by atoms with Gasteiger partial charge in [-0.25, -0.2) is 0 Å². The zero-order valence-corrected chi connectivity index (χ0v) is 10.5. The first-order chi connectivity index (χ1) is 9.18. The lowest BCUT2D eigenvalue weighted by Crippen LogP contribution is -2.38. The van der Waals surface area contributed by atoms with E-state index in [1.54, 1.807) is 41.0 Å². The molecule has 0 aliphatic carbocycles. The van der Waals surface area contributed by atoms with Crippen molar-refractivity contribution in [1.29, 1.82) is 0 Å². The van der Waals surface area contributed by atoms with Gasteiger partial charge in [-0.15, -0.1) is 0 Å². The van der Waals surface area contributed by atoms with Crippen LogP contribution in [0.4, 0.5) is 5.69 Å². The van der Waals surface area contributed by atoms with Crippen molar-refractivity contribution in [1.82, 2.24) is 9.78 Å². The third-order valence-corrected chi connectivity index (χ3v) is 3.34. The summed E-state index contributed by atoms with van der Waals surface area (Å²) in [6.45, 7) is 0.417. The first kappa shape index (κ1) is 11.6. The van der Waals surface area contributed by atoms with Crippen LogP contribution in [0.1, 0.15) is 27.3 Å². The number of carbonyl (C=O) groups is 2. The maximum Gasteiger partial charge on any atom is 0.276 e. The minimum atomic E-state index is -0.125. The number of Topliss-reactive ketones (excluding diaryl/α,β-unsaturated/α-hetero) is 1. The number of fused-ring (bicyclic) bond motifs is 1. The average Bonchev–Trinajstić information content (AvgIpc) is 2.85. The molecular weight excluding hydrogens is 242 g/mol. The van der Waals surface area contributed by atoms with Crippen molar-refractivity contribution >= 4 is 17.4 Å². The summed E-state index contributed by atoms with van der Waals surface area (Å²) < 4.78 is 1.54. The number of nitrogens with zero attached hydrogens (tertiary/aromatic N) is 3. The largest absolute Gasteiger partial charge is 0.306 e. The van der Waals surface area contributed by atoms with E-state index < -0.39 is 0 Å². The predicted octanol–water partition coefficient (Wildman–Crippen LogP) is 1.65. The molecule has 0 spiro atoms. The smallest absolute Gasteiger partial charge is 0.276 e. The molecule has 2 heterocycles. The molecule has 0 saturated carbocycles. The van der Waals surface area contributed by atoms with Gasteiger partial charge in [0.1, 0.15) is 5.69 Å². The number of hydrogen-bond acceptors (Lipinski definition) is 3. The van der Waals surface area contributed by atoms with Crippen LogP contribution in [0.2, 0.25) is 0 Å². The Balaban J connectivity index is 2.04. The van der Waals surface area contributed by atoms with Gasteiger partial charge in [-0.05, 0) is 18.2 Å². The Labute approximate surface area is 110 Å². The van der Waals surface area contributed by atoms with Crippen LogP contribution in [-0.4, -0.2) is 28.0 Å². The highest BCUT2D eigenvalue weighted by Crippen LogP contribution is 2.27. The molecule has 3 rings (SSSR count). The highest BCUT2D eigenvalue weighted by atomic mass is 16.2. The van der Waals surface area contributed by atoms with Crippen molar-refractivity contribution in [3.8, 4) is 0 Å². The number of carbonyl (C=O) groups excluding carboxylic acids is 2. The van der Waals surface area contributed by atoms with Crippen molar-refractivity contribution in [2.45, 2.75) is 6.42 Å². The molecule has 0 radical (unpaired) electrons. The summed E-state index contributed by atoms with van der Waals surface area (Å²) in [6, 6.07) is 8.90. The molecule has 0 N–H and O–H groups in total. The van der Waals surface area contributed by atoms with Gasteiger partial charge < -0.3 is 4.90 Å². The second-order valence-electron chi connectivity index (χ2n) is 4.49. The summed E-state index contributed by atoms with van der Waals surface area (Å²) in [5.74, 6) is -0.0374. The molecule has 5 nitrogen and oxygen atoms in total. The second-order valence-corrected chi connectivity index (χ2v) is 4.49. The van der Waals surface area contributed by atoms with Crippen molar-refractivity contribution < 1.29 is 9.59 Å². The molecular formula is C14H13N3O2. The molecule has 0 bridgehead atoms. The Hall–Kier alpha value is -2.43. The van der Waals surface area contributed by atoms with Gasteiger partial charge in [0.2, 0.25) is 0 Å². The van der Waals surface area contributed by atoms with Crippen LogP contribution >= 0.6 is 0 Å². The molecule has 0 atom stereocenters. The standard InChI is InChI=1S/C14H13N3O2/c1-16-12(6-8-15-16)14(19)17-9-7-13(18)10-4-2-3-5-11(10)17/h2-6,8H,7,9H2,1H3. The van der Waals surface area contributed by atoms with Gasteiger partial charge in [0.15, 0.2) is 5.78 Å². The Kier molecular flexibility index (Phi) is 2.67. The van der Waals surface area contributed by atoms with Crippen LogP contribution in [0.3, 0.4) is 0 Å². The summed E-state index contributed by atoms with van der Waals surface area (Å²) >= 11 is 0. The summed E-state index contributed by atoms with van der Waals surface area (Å²) in [5.41, 5.74) is 1.82. The monoisotopic (exact) mass is 255 g/mol. The third kappa shape index (κ3) is 1.83. The fraction of sp³-hybridized carbons (Fsp3) is 0.214. The van der Waals surface area contributed by atoms with Crippen LogP contribution in [0.25, 0.3) is 0 Å². The SMILES string of the molecule is Cn1nccc1C(=O)N1CCC(=O)c2ccccc21. The third-order valence-electron chi connectivity index (χ3n) is 3.34. The first-order valence-corrected chi connectivity index (χ1v) is 6.10. The highest BCUT2D eigenvalue weighted by Gasteiger charge is 2.28. The van der Waals surface area contributed by atoms with Crippen LogP contribution < -0.4 is 4.90 Å². The molecule has 0 saturated heterocycles. The van der Waals surface area contributed by atoms with Crippen molar-refractivity contribution in [3.05, 3.63) is 47.8 Å². The van der Waals surface area contributed by atoms with E-state index in [0.717, 1.165) is 0 Å². The Morgan fingerprint density at radius 3 is 2.79 bits per heavy atom. The number of para-hydroxylation sites is 1. The van der Waals surface area contributed by atoms with Gasteiger partial charge >= 0.3 is 0 Å². The minimum Gasteiger partial charge on any atom is -0.306 e. The minimum absolute atomic E-state index is 0.0876. The second kappa shape index (κ2) is 4.35. The van der Waals surface area contributed by atoms with Crippen molar-refractivity contribution in [2.75, 3.05) is 11.4 Å². The number of hydrogen-bond donors (Lipinski definition) is 0. The highest BCUT2D eigenvalue weighted by molar-refractivity contribution is 6.12. The molecule has 19 heavy (non-hydrogen) atoms. The Morgan fingerprint density at radius 2 is 2.05 bits per heavy atom. The summed E-state index contributed by atoms with van der Waals surface area (Å²) in [6.07, 6.45) is 1.95. The lowest BCUT2D eigenvalue weighted by molar-refractivity contribution is 0.0950. The number of anilines is 1. The molecule has 1 aliphatic rings. The lowest BCUT2D eigenvalue weighted by Gasteiger charge is -2.28. The predicted molar refractivity (Wildman–Crippen MR) is 70.3 cm³/mol. The van der Waals surface area contributed by atoms with Crippen molar-refractivity contribution in [2.24, 2.45) is 7.05 Å². The number of ketones is 1. The molecule has 5 heteroatoms. The fourth-order valence-corrected chi connectivity index (χ4v) is 2.35. The topological polar surface area (TPSA) is 55.2 Å². The van der Waals surface area contributed by atoms with Gasteiger partial charge in [0.25, 0.3) is 5.91 Å². The normalized spacial score (nSPS) is 14.4. The molecule has 2 aromatic rings. The summed E-state index contributed by atoms with van der Waals surface area (Å²) in [5, 5.41) is 4.01. The van der Waals surface area contributed by atoms with E-state index in [0.29, 0.717) is 29.9 Å². The van der Waals surface area contributed by atoms with E-state index in [2.05, 4.69) is 5.10 Å². The van der Waals surface area contributed by atoms with Gasteiger partial charge in [-0.1, -0.05) is 12.1 Å². The fourth-order valence-electron chi connectivity index (χ4n) is 2.35. The zero-order valence-electron chi connectivity index (χ0n) is 10.5. The zero-order chi connectivity index (χ0) is 13.4. The van der Waals surface area contributed by atoms with Crippen molar-refractivity contribution in [3.63, 3.8) is 0 Å². The van der Waals surface area contributed by atoms with Gasteiger partial charge in [-0.2, -0.15) is 5.10 Å². The molecule has 1 aromatic carbocycles. The van der Waals surface area contributed by atoms with E-state index in [1.165, 1.54) is 0 Å². The average molecular weight is 255 g/mol. The van der Waals surface area contributed by atoms with Crippen LogP contribution in [0.15, 0.2) is 36.5 Å². The molecule has 0 fully saturated rings. The summed E-state index contributed by atoms with van der Waals surface area (Å²) in [4.78, 5) is 26.0. The van der Waals surface area contributed by atoms with Crippen LogP contribution in [0.5, 0.6) is 0 Å². The van der Waals surface area contributed by atoms with E-state index >= 15 is 0 Å². The van der Waals surface area contributed by atoms with Gasteiger partial charge in [0.05, 0.1) is 5.69 Å². The molecule has 0 unspecified atom stereocenters. The number of benzene rings is 1. The Morgan fingerprint density at radius 1 is 1.26 bits per heavy atom. The summed E-state index contributed by atoms with van der Waals surface area (Å²) in [7, 11) is 1.73. The number of amides is 1. The van der Waals surface area contributed by atoms with E-state index in [-0.39, 0.29) is 11.7 Å². The maximum absolute atomic E-state index is 12.5. The Bertz CT molecular complexity index is 660. The quantitative estimate of drug-likeness (QED) is 0.778. The van der Waals surface area contributed by atoms with Gasteiger partial charge in [-0.3, -0.25) is 14.3 Å². The molecule has 1 aromatic heterocycles. The number of rotatable bonds is 1. The van der Waals surface area contributed by atoms with Crippen LogP contribution in [0, 0.1) is 0 Å². The van der Waals surface area contributed by atoms with E-state index in [4.69, 9.17) is 0 Å². The first-order valence-electron chi connectivity index (χ1n) is 6.10.